The quantitative estimate of drug-likeness (QED) is 0.891. The van der Waals surface area contributed by atoms with Gasteiger partial charge >= 0.3 is 0 Å². The lowest BCUT2D eigenvalue weighted by Gasteiger charge is -2.25. The summed E-state index contributed by atoms with van der Waals surface area (Å²) in [7, 11) is 0. The Balaban J connectivity index is 1.70. The Morgan fingerprint density at radius 3 is 3.25 bits per heavy atom. The van der Waals surface area contributed by atoms with Crippen LogP contribution in [-0.2, 0) is 19.5 Å². The highest BCUT2D eigenvalue weighted by Crippen LogP contribution is 2.26. The highest BCUT2D eigenvalue weighted by atomic mass is 32.1. The molecule has 5 heteroatoms. The van der Waals surface area contributed by atoms with Crippen LogP contribution >= 0.6 is 22.7 Å². The second kappa shape index (κ2) is 4.16. The summed E-state index contributed by atoms with van der Waals surface area (Å²) in [5.74, 6) is 0. The summed E-state index contributed by atoms with van der Waals surface area (Å²) in [6.45, 7) is 3.19. The number of rotatable bonds is 2. The van der Waals surface area contributed by atoms with E-state index < -0.39 is 0 Å². The van der Waals surface area contributed by atoms with E-state index in [2.05, 4.69) is 21.3 Å². The number of thiophene rings is 1. The van der Waals surface area contributed by atoms with E-state index in [0.29, 0.717) is 5.13 Å². The molecule has 0 amide bonds. The van der Waals surface area contributed by atoms with Crippen molar-refractivity contribution in [3.63, 3.8) is 0 Å². The van der Waals surface area contributed by atoms with E-state index in [0.717, 1.165) is 19.6 Å². The van der Waals surface area contributed by atoms with Crippen LogP contribution in [0.15, 0.2) is 17.6 Å². The van der Waals surface area contributed by atoms with Crippen LogP contribution in [0.5, 0.6) is 0 Å². The first-order chi connectivity index (χ1) is 7.81. The predicted octanol–water partition coefficient (Wildman–Crippen LogP) is 2.35. The second-order valence-electron chi connectivity index (χ2n) is 3.99. The molecule has 2 N–H and O–H groups in total. The molecule has 3 nitrogen and oxygen atoms in total. The van der Waals surface area contributed by atoms with Crippen molar-refractivity contribution in [3.8, 4) is 0 Å². The third-order valence-electron chi connectivity index (χ3n) is 2.84. The molecule has 0 bridgehead atoms. The molecule has 16 heavy (non-hydrogen) atoms. The number of fused-ring (bicyclic) bond motifs is 1. The molecule has 3 rings (SSSR count). The fourth-order valence-corrected chi connectivity index (χ4v) is 3.67. The maximum absolute atomic E-state index is 5.63. The van der Waals surface area contributed by atoms with E-state index in [1.54, 1.807) is 16.2 Å². The van der Waals surface area contributed by atoms with Crippen molar-refractivity contribution in [2.75, 3.05) is 12.3 Å². The second-order valence-corrected chi connectivity index (χ2v) is 6.14. The zero-order chi connectivity index (χ0) is 11.0. The van der Waals surface area contributed by atoms with Crippen LogP contribution < -0.4 is 5.73 Å². The zero-order valence-electron chi connectivity index (χ0n) is 8.85. The first-order valence-electron chi connectivity index (χ1n) is 5.29. The lowest BCUT2D eigenvalue weighted by Crippen LogP contribution is -2.28. The van der Waals surface area contributed by atoms with Gasteiger partial charge in [0, 0.05) is 35.6 Å². The summed E-state index contributed by atoms with van der Waals surface area (Å²) >= 11 is 3.47. The van der Waals surface area contributed by atoms with Gasteiger partial charge in [-0.2, -0.15) is 0 Å². The molecular formula is C11H13N3S2. The minimum Gasteiger partial charge on any atom is -0.375 e. The van der Waals surface area contributed by atoms with Gasteiger partial charge in [0.2, 0.25) is 0 Å². The van der Waals surface area contributed by atoms with Gasteiger partial charge in [0.15, 0.2) is 5.13 Å². The molecule has 0 unspecified atom stereocenters. The molecule has 3 heterocycles. The van der Waals surface area contributed by atoms with Crippen molar-refractivity contribution in [1.29, 1.82) is 0 Å². The Labute approximate surface area is 103 Å². The summed E-state index contributed by atoms with van der Waals surface area (Å²) in [4.78, 5) is 9.36. The molecule has 2 aromatic heterocycles. The van der Waals surface area contributed by atoms with Crippen LogP contribution in [0.4, 0.5) is 5.13 Å². The molecule has 0 radical (unpaired) electrons. The first kappa shape index (κ1) is 10.3. The van der Waals surface area contributed by atoms with E-state index in [-0.39, 0.29) is 0 Å². The predicted molar refractivity (Wildman–Crippen MR) is 68.7 cm³/mol. The summed E-state index contributed by atoms with van der Waals surface area (Å²) in [5, 5.41) is 2.86. The van der Waals surface area contributed by atoms with E-state index in [1.807, 2.05) is 17.5 Å². The largest absolute Gasteiger partial charge is 0.375 e. The van der Waals surface area contributed by atoms with Crippen LogP contribution in [0, 0.1) is 0 Å². The number of thiazole rings is 1. The van der Waals surface area contributed by atoms with Crippen molar-refractivity contribution < 1.29 is 0 Å². The summed E-state index contributed by atoms with van der Waals surface area (Å²) < 4.78 is 0. The van der Waals surface area contributed by atoms with Gasteiger partial charge in [-0.3, -0.25) is 4.90 Å². The topological polar surface area (TPSA) is 42.1 Å². The average Bonchev–Trinajstić information content (AvgIpc) is 2.87. The van der Waals surface area contributed by atoms with Crippen LogP contribution in [0.1, 0.15) is 15.3 Å². The summed E-state index contributed by atoms with van der Waals surface area (Å²) in [6.07, 6.45) is 3.07. The van der Waals surface area contributed by atoms with Gasteiger partial charge < -0.3 is 5.73 Å². The van der Waals surface area contributed by atoms with Crippen molar-refractivity contribution in [3.05, 3.63) is 33.0 Å². The van der Waals surface area contributed by atoms with Gasteiger partial charge in [-0.05, 0) is 23.4 Å². The lowest BCUT2D eigenvalue weighted by molar-refractivity contribution is 0.249. The number of aromatic nitrogens is 1. The van der Waals surface area contributed by atoms with E-state index in [1.165, 1.54) is 16.9 Å². The van der Waals surface area contributed by atoms with Crippen LogP contribution in [0.25, 0.3) is 0 Å². The molecule has 1 aliphatic heterocycles. The van der Waals surface area contributed by atoms with Gasteiger partial charge in [-0.15, -0.1) is 22.7 Å². The zero-order valence-corrected chi connectivity index (χ0v) is 10.5. The molecule has 0 saturated heterocycles. The number of nitrogen functional groups attached to an aromatic ring is 1. The number of nitrogens with zero attached hydrogens (tertiary/aromatic N) is 2. The van der Waals surface area contributed by atoms with Crippen molar-refractivity contribution in [2.45, 2.75) is 19.5 Å². The average molecular weight is 251 g/mol. The molecule has 0 spiro atoms. The molecule has 2 aromatic rings. The van der Waals surface area contributed by atoms with Crippen molar-refractivity contribution in [1.82, 2.24) is 9.88 Å². The molecule has 0 fully saturated rings. The number of hydrogen-bond donors (Lipinski definition) is 1. The Kier molecular flexibility index (Phi) is 2.67. The minimum absolute atomic E-state index is 0.670. The van der Waals surface area contributed by atoms with E-state index >= 15 is 0 Å². The third-order valence-corrected chi connectivity index (χ3v) is 4.67. The minimum atomic E-state index is 0.670. The maximum Gasteiger partial charge on any atom is 0.180 e. The number of hydrogen-bond acceptors (Lipinski definition) is 5. The van der Waals surface area contributed by atoms with E-state index in [9.17, 15) is 0 Å². The smallest absolute Gasteiger partial charge is 0.180 e. The standard InChI is InChI=1S/C11H13N3S2/c12-11-13-5-9(16-11)7-14-3-1-10-8(6-14)2-4-15-10/h2,4-5H,1,3,6-7H2,(H2,12,13). The lowest BCUT2D eigenvalue weighted by atomic mass is 10.1. The Morgan fingerprint density at radius 2 is 2.44 bits per heavy atom. The number of nitrogens with two attached hydrogens (primary N) is 1. The van der Waals surface area contributed by atoms with Crippen LogP contribution in [-0.4, -0.2) is 16.4 Å². The highest BCUT2D eigenvalue weighted by Gasteiger charge is 2.17. The molecule has 0 atom stereocenters. The van der Waals surface area contributed by atoms with Crippen LogP contribution in [0.3, 0.4) is 0 Å². The van der Waals surface area contributed by atoms with Gasteiger partial charge in [-0.1, -0.05) is 0 Å². The Morgan fingerprint density at radius 1 is 1.50 bits per heavy atom. The van der Waals surface area contributed by atoms with Crippen LogP contribution in [0.2, 0.25) is 0 Å². The monoisotopic (exact) mass is 251 g/mol. The van der Waals surface area contributed by atoms with Gasteiger partial charge in [0.05, 0.1) is 0 Å². The molecule has 0 aromatic carbocycles. The normalized spacial score (nSPS) is 16.2. The summed E-state index contributed by atoms with van der Waals surface area (Å²) in [5.41, 5.74) is 7.13. The first-order valence-corrected chi connectivity index (χ1v) is 6.98. The molecule has 0 saturated carbocycles. The SMILES string of the molecule is Nc1ncc(CN2CCc3sccc3C2)s1. The molecule has 0 aliphatic carbocycles. The highest BCUT2D eigenvalue weighted by molar-refractivity contribution is 7.15. The fourth-order valence-electron chi connectivity index (χ4n) is 2.06. The van der Waals surface area contributed by atoms with Gasteiger partial charge in [-0.25, -0.2) is 4.98 Å². The Hall–Kier alpha value is -0.910. The maximum atomic E-state index is 5.63. The van der Waals surface area contributed by atoms with Gasteiger partial charge in [0.25, 0.3) is 0 Å². The van der Waals surface area contributed by atoms with E-state index in [4.69, 9.17) is 5.73 Å². The molecule has 1 aliphatic rings. The molecule has 84 valence electrons. The third kappa shape index (κ3) is 1.98. The Bertz CT molecular complexity index is 489. The van der Waals surface area contributed by atoms with Gasteiger partial charge in [0.1, 0.15) is 0 Å². The van der Waals surface area contributed by atoms with Crippen molar-refractivity contribution >= 4 is 27.8 Å². The number of anilines is 1. The fraction of sp³-hybridized carbons (Fsp3) is 0.364. The molecular weight excluding hydrogens is 238 g/mol. The van der Waals surface area contributed by atoms with Crippen molar-refractivity contribution in [2.24, 2.45) is 0 Å². The summed E-state index contributed by atoms with van der Waals surface area (Å²) in [6, 6.07) is 2.24.